The molecule has 8 heteroatoms. The molecule has 6 nitrogen and oxygen atoms in total. The Bertz CT molecular complexity index is 1060. The van der Waals surface area contributed by atoms with E-state index in [2.05, 4.69) is 9.88 Å². The van der Waals surface area contributed by atoms with Crippen molar-refractivity contribution in [1.29, 1.82) is 0 Å². The molecule has 0 atom stereocenters. The lowest BCUT2D eigenvalue weighted by atomic mass is 10.2. The molecule has 3 aromatic rings. The number of hydrogen-bond acceptors (Lipinski definition) is 5. The minimum absolute atomic E-state index is 0.259. The van der Waals surface area contributed by atoms with Crippen LogP contribution in [-0.4, -0.2) is 55.1 Å². The molecule has 0 bridgehead atoms. The zero-order chi connectivity index (χ0) is 19.6. The quantitative estimate of drug-likeness (QED) is 0.574. The summed E-state index contributed by atoms with van der Waals surface area (Å²) in [5, 5.41) is 0.971. The van der Waals surface area contributed by atoms with Crippen LogP contribution in [0.25, 0.3) is 10.9 Å². The standard InChI is InChI=1S/C20H22ClN3O3S/c21-20-18-15-16(5-4-10-23-11-13-27-14-12-23)24(19(18)8-9-22-20)28(25,26)17-6-2-1-3-7-17/h1-3,6-9,15H,4-5,10-14H2. The van der Waals surface area contributed by atoms with Gasteiger partial charge in [-0.15, -0.1) is 0 Å². The molecular formula is C20H22ClN3O3S. The number of aryl methyl sites for hydroxylation is 1. The van der Waals surface area contributed by atoms with Crippen LogP contribution in [0.4, 0.5) is 0 Å². The van der Waals surface area contributed by atoms with Crippen molar-refractivity contribution in [3.05, 3.63) is 59.5 Å². The summed E-state index contributed by atoms with van der Waals surface area (Å²) in [7, 11) is -3.73. The maximum atomic E-state index is 13.4. The van der Waals surface area contributed by atoms with Gasteiger partial charge in [-0.25, -0.2) is 17.4 Å². The Labute approximate surface area is 169 Å². The topological polar surface area (TPSA) is 64.4 Å². The summed E-state index contributed by atoms with van der Waals surface area (Å²) in [6.45, 7) is 4.25. The Morgan fingerprint density at radius 1 is 1.11 bits per heavy atom. The van der Waals surface area contributed by atoms with Crippen LogP contribution >= 0.6 is 11.6 Å². The van der Waals surface area contributed by atoms with Crippen molar-refractivity contribution in [2.45, 2.75) is 17.7 Å². The van der Waals surface area contributed by atoms with Crippen molar-refractivity contribution in [3.8, 4) is 0 Å². The molecule has 148 valence electrons. The Morgan fingerprint density at radius 2 is 1.86 bits per heavy atom. The molecule has 0 N–H and O–H groups in total. The summed E-state index contributed by atoms with van der Waals surface area (Å²) in [5.74, 6) is 0. The second-order valence-electron chi connectivity index (χ2n) is 6.81. The smallest absolute Gasteiger partial charge is 0.268 e. The van der Waals surface area contributed by atoms with Gasteiger partial charge in [-0.2, -0.15) is 0 Å². The summed E-state index contributed by atoms with van der Waals surface area (Å²) in [6.07, 6.45) is 3.03. The number of fused-ring (bicyclic) bond motifs is 1. The molecular weight excluding hydrogens is 398 g/mol. The summed E-state index contributed by atoms with van der Waals surface area (Å²) < 4.78 is 33.6. The van der Waals surface area contributed by atoms with Gasteiger partial charge in [0, 0.05) is 30.4 Å². The van der Waals surface area contributed by atoms with Crippen LogP contribution in [0.3, 0.4) is 0 Å². The van der Waals surface area contributed by atoms with E-state index >= 15 is 0 Å². The molecule has 1 fully saturated rings. The zero-order valence-electron chi connectivity index (χ0n) is 15.4. The monoisotopic (exact) mass is 419 g/mol. The normalized spacial score (nSPS) is 15.9. The van der Waals surface area contributed by atoms with Gasteiger partial charge in [-0.1, -0.05) is 29.8 Å². The second-order valence-corrected chi connectivity index (χ2v) is 8.95. The average molecular weight is 420 g/mol. The Kier molecular flexibility index (Phi) is 5.68. The van der Waals surface area contributed by atoms with Gasteiger partial charge in [0.05, 0.1) is 23.6 Å². The molecule has 0 spiro atoms. The molecule has 0 amide bonds. The predicted molar refractivity (Wildman–Crippen MR) is 109 cm³/mol. The Morgan fingerprint density at radius 3 is 2.61 bits per heavy atom. The molecule has 4 rings (SSSR count). The first-order chi connectivity index (χ1) is 13.6. The van der Waals surface area contributed by atoms with Crippen LogP contribution in [0.1, 0.15) is 12.1 Å². The average Bonchev–Trinajstić information content (AvgIpc) is 3.10. The minimum Gasteiger partial charge on any atom is -0.379 e. The lowest BCUT2D eigenvalue weighted by molar-refractivity contribution is 0.0374. The molecule has 0 unspecified atom stereocenters. The van der Waals surface area contributed by atoms with E-state index in [0.29, 0.717) is 22.5 Å². The van der Waals surface area contributed by atoms with E-state index in [9.17, 15) is 8.42 Å². The molecule has 28 heavy (non-hydrogen) atoms. The zero-order valence-corrected chi connectivity index (χ0v) is 17.0. The van der Waals surface area contributed by atoms with Gasteiger partial charge in [0.15, 0.2) is 0 Å². The maximum absolute atomic E-state index is 13.4. The van der Waals surface area contributed by atoms with E-state index in [4.69, 9.17) is 16.3 Å². The van der Waals surface area contributed by atoms with Gasteiger partial charge < -0.3 is 4.74 Å². The fourth-order valence-electron chi connectivity index (χ4n) is 3.59. The third-order valence-electron chi connectivity index (χ3n) is 5.00. The number of benzene rings is 1. The Balaban J connectivity index is 1.69. The van der Waals surface area contributed by atoms with Crippen LogP contribution in [-0.2, 0) is 21.2 Å². The second kappa shape index (κ2) is 8.21. The van der Waals surface area contributed by atoms with Crippen LogP contribution in [0.5, 0.6) is 0 Å². The van der Waals surface area contributed by atoms with Crippen molar-refractivity contribution in [1.82, 2.24) is 13.9 Å². The molecule has 1 aliphatic heterocycles. The number of ether oxygens (including phenoxy) is 1. The molecule has 0 radical (unpaired) electrons. The van der Waals surface area contributed by atoms with Gasteiger partial charge in [0.1, 0.15) is 5.15 Å². The van der Waals surface area contributed by atoms with Crippen LogP contribution in [0.15, 0.2) is 53.6 Å². The number of hydrogen-bond donors (Lipinski definition) is 0. The highest BCUT2D eigenvalue weighted by atomic mass is 35.5. The highest BCUT2D eigenvalue weighted by Gasteiger charge is 2.24. The lowest BCUT2D eigenvalue weighted by Crippen LogP contribution is -2.37. The highest BCUT2D eigenvalue weighted by molar-refractivity contribution is 7.90. The first-order valence-electron chi connectivity index (χ1n) is 9.33. The summed E-state index contributed by atoms with van der Waals surface area (Å²) in [5.41, 5.74) is 1.28. The van der Waals surface area contributed by atoms with Crippen LogP contribution in [0.2, 0.25) is 5.15 Å². The van der Waals surface area contributed by atoms with E-state index in [1.54, 1.807) is 42.6 Å². The Hall–Kier alpha value is -1.93. The lowest BCUT2D eigenvalue weighted by Gasteiger charge is -2.26. The van der Waals surface area contributed by atoms with Gasteiger partial charge in [0.2, 0.25) is 0 Å². The number of pyridine rings is 1. The fourth-order valence-corrected chi connectivity index (χ4v) is 5.38. The van der Waals surface area contributed by atoms with Crippen molar-refractivity contribution >= 4 is 32.5 Å². The van der Waals surface area contributed by atoms with Gasteiger partial charge in [-0.3, -0.25) is 4.90 Å². The van der Waals surface area contributed by atoms with Gasteiger partial charge in [-0.05, 0) is 43.7 Å². The van der Waals surface area contributed by atoms with Crippen molar-refractivity contribution < 1.29 is 13.2 Å². The van der Waals surface area contributed by atoms with Crippen molar-refractivity contribution in [3.63, 3.8) is 0 Å². The van der Waals surface area contributed by atoms with Crippen molar-refractivity contribution in [2.75, 3.05) is 32.8 Å². The van der Waals surface area contributed by atoms with Crippen molar-refractivity contribution in [2.24, 2.45) is 0 Å². The van der Waals surface area contributed by atoms with Gasteiger partial charge >= 0.3 is 0 Å². The van der Waals surface area contributed by atoms with E-state index in [-0.39, 0.29) is 4.90 Å². The van der Waals surface area contributed by atoms with E-state index in [0.717, 1.165) is 45.0 Å². The molecule has 1 saturated heterocycles. The van der Waals surface area contributed by atoms with E-state index in [1.807, 2.05) is 6.07 Å². The first kappa shape index (κ1) is 19.4. The molecule has 2 aromatic heterocycles. The minimum atomic E-state index is -3.73. The van der Waals surface area contributed by atoms with E-state index < -0.39 is 10.0 Å². The molecule has 3 heterocycles. The third kappa shape index (κ3) is 3.80. The molecule has 0 aliphatic carbocycles. The number of aromatic nitrogens is 2. The summed E-state index contributed by atoms with van der Waals surface area (Å²) in [4.78, 5) is 6.71. The summed E-state index contributed by atoms with van der Waals surface area (Å²) >= 11 is 6.25. The molecule has 1 aliphatic rings. The SMILES string of the molecule is O=S(=O)(c1ccccc1)n1c(CCCN2CCOCC2)cc2c(Cl)nccc21. The molecule has 0 saturated carbocycles. The highest BCUT2D eigenvalue weighted by Crippen LogP contribution is 2.29. The van der Waals surface area contributed by atoms with E-state index in [1.165, 1.54) is 3.97 Å². The predicted octanol–water partition coefficient (Wildman–Crippen LogP) is 3.19. The van der Waals surface area contributed by atoms with Crippen LogP contribution in [0, 0.1) is 0 Å². The number of nitrogens with zero attached hydrogens (tertiary/aromatic N) is 3. The van der Waals surface area contributed by atoms with Gasteiger partial charge in [0.25, 0.3) is 10.0 Å². The fraction of sp³-hybridized carbons (Fsp3) is 0.350. The number of rotatable bonds is 6. The molecule has 1 aromatic carbocycles. The maximum Gasteiger partial charge on any atom is 0.268 e. The first-order valence-corrected chi connectivity index (χ1v) is 11.1. The largest absolute Gasteiger partial charge is 0.379 e. The number of halogens is 1. The van der Waals surface area contributed by atoms with Crippen LogP contribution < -0.4 is 0 Å². The summed E-state index contributed by atoms with van der Waals surface area (Å²) in [6, 6.07) is 12.0. The third-order valence-corrected chi connectivity index (χ3v) is 7.08. The number of morpholine rings is 1.